The molecule has 9 heteroatoms. The highest BCUT2D eigenvalue weighted by molar-refractivity contribution is 6.65. The zero-order valence-corrected chi connectivity index (χ0v) is 14.3. The molecule has 0 aliphatic carbocycles. The molecule has 25 heavy (non-hydrogen) atoms. The number of benzene rings is 1. The number of carboxylic acid groups (broad SMARTS) is 1. The van der Waals surface area contributed by atoms with E-state index in [0.29, 0.717) is 11.3 Å². The van der Waals surface area contributed by atoms with Crippen LogP contribution in [0.4, 0.5) is 4.39 Å². The van der Waals surface area contributed by atoms with Gasteiger partial charge in [0.25, 0.3) is 0 Å². The quantitative estimate of drug-likeness (QED) is 0.739. The van der Waals surface area contributed by atoms with Crippen LogP contribution in [0.1, 0.15) is 12.0 Å². The number of dihydropyridines is 1. The lowest BCUT2D eigenvalue weighted by Crippen LogP contribution is -2.48. The van der Waals surface area contributed by atoms with Gasteiger partial charge in [0, 0.05) is 12.8 Å². The highest BCUT2D eigenvalue weighted by Gasteiger charge is 2.39. The average Bonchev–Trinajstić information content (AvgIpc) is 2.98. The normalized spacial score (nSPS) is 25.8. The Bertz CT molecular complexity index is 825. The van der Waals surface area contributed by atoms with E-state index in [1.165, 1.54) is 12.1 Å². The van der Waals surface area contributed by atoms with E-state index in [4.69, 9.17) is 33.8 Å². The molecule has 132 valence electrons. The monoisotopic (exact) mass is 385 g/mol. The van der Waals surface area contributed by atoms with Crippen molar-refractivity contribution in [2.24, 2.45) is 10.9 Å². The Morgan fingerprint density at radius 2 is 2.20 bits per heavy atom. The highest BCUT2D eigenvalue weighted by Crippen LogP contribution is 2.34. The summed E-state index contributed by atoms with van der Waals surface area (Å²) in [6.07, 6.45) is 1.15. The van der Waals surface area contributed by atoms with Crippen LogP contribution in [0.5, 0.6) is 0 Å². The van der Waals surface area contributed by atoms with Gasteiger partial charge in [-0.2, -0.15) is 0 Å². The number of rotatable bonds is 4. The summed E-state index contributed by atoms with van der Waals surface area (Å²) < 4.78 is 14.0. The Labute approximate surface area is 152 Å². The standard InChI is InChI=1S/C16H14Cl2FN3O3/c17-12-5-11(25-22-12)10-7-16(20,14(18)13(21-10)15(23)24)6-8-3-1-2-4-9(8)19/h1-4,7,11,21H,5-6,20H2,(H,23,24). The van der Waals surface area contributed by atoms with E-state index < -0.39 is 23.4 Å². The van der Waals surface area contributed by atoms with Crippen LogP contribution < -0.4 is 11.1 Å². The predicted octanol–water partition coefficient (Wildman–Crippen LogP) is 2.43. The van der Waals surface area contributed by atoms with Gasteiger partial charge in [-0.05, 0) is 17.7 Å². The summed E-state index contributed by atoms with van der Waals surface area (Å²) in [6, 6.07) is 6.08. The number of carbonyl (C=O) groups is 1. The predicted molar refractivity (Wildman–Crippen MR) is 91.5 cm³/mol. The lowest BCUT2D eigenvalue weighted by molar-refractivity contribution is -0.133. The third kappa shape index (κ3) is 3.49. The van der Waals surface area contributed by atoms with E-state index in [2.05, 4.69) is 10.5 Å². The van der Waals surface area contributed by atoms with Gasteiger partial charge in [-0.3, -0.25) is 0 Å². The van der Waals surface area contributed by atoms with Crippen molar-refractivity contribution >= 4 is 34.3 Å². The molecule has 2 unspecified atom stereocenters. The SMILES string of the molecule is NC1(Cc2ccccc2F)C=C(C2CC(Cl)=NO2)NC(C(=O)O)=C1Cl. The zero-order chi connectivity index (χ0) is 18.2. The van der Waals surface area contributed by atoms with Crippen molar-refractivity contribution in [3.63, 3.8) is 0 Å². The van der Waals surface area contributed by atoms with E-state index in [0.717, 1.165) is 0 Å². The van der Waals surface area contributed by atoms with Gasteiger partial charge in [0.2, 0.25) is 0 Å². The Morgan fingerprint density at radius 3 is 2.80 bits per heavy atom. The second-order valence-electron chi connectivity index (χ2n) is 5.79. The first-order chi connectivity index (χ1) is 11.8. The van der Waals surface area contributed by atoms with E-state index in [9.17, 15) is 14.3 Å². The number of carboxylic acids is 1. The molecule has 0 saturated carbocycles. The van der Waals surface area contributed by atoms with Crippen LogP contribution in [0.2, 0.25) is 0 Å². The van der Waals surface area contributed by atoms with Gasteiger partial charge in [0.05, 0.1) is 16.3 Å². The summed E-state index contributed by atoms with van der Waals surface area (Å²) in [4.78, 5) is 16.7. The van der Waals surface area contributed by atoms with Crippen LogP contribution in [0, 0.1) is 5.82 Å². The maximum absolute atomic E-state index is 14.0. The zero-order valence-electron chi connectivity index (χ0n) is 12.8. The number of hydrogen-bond donors (Lipinski definition) is 3. The third-order valence-corrected chi connectivity index (χ3v) is 4.71. The maximum atomic E-state index is 14.0. The number of halogens is 3. The van der Waals surface area contributed by atoms with Crippen molar-refractivity contribution in [3.8, 4) is 0 Å². The van der Waals surface area contributed by atoms with Crippen LogP contribution in [0.3, 0.4) is 0 Å². The van der Waals surface area contributed by atoms with Crippen LogP contribution in [-0.2, 0) is 16.1 Å². The molecule has 0 radical (unpaired) electrons. The molecule has 2 atom stereocenters. The summed E-state index contributed by atoms with van der Waals surface area (Å²) in [5, 5.41) is 15.9. The first-order valence-corrected chi connectivity index (χ1v) is 8.09. The summed E-state index contributed by atoms with van der Waals surface area (Å²) in [6.45, 7) is 0. The molecular weight excluding hydrogens is 372 g/mol. The maximum Gasteiger partial charge on any atom is 0.353 e. The molecule has 2 aliphatic rings. The molecule has 0 amide bonds. The van der Waals surface area contributed by atoms with Gasteiger partial charge >= 0.3 is 5.97 Å². The van der Waals surface area contributed by atoms with Gasteiger partial charge in [-0.15, -0.1) is 0 Å². The van der Waals surface area contributed by atoms with Gasteiger partial charge in [0.1, 0.15) is 16.7 Å². The molecular formula is C16H14Cl2FN3O3. The Kier molecular flexibility index (Phi) is 4.73. The minimum Gasteiger partial charge on any atom is -0.477 e. The second kappa shape index (κ2) is 6.67. The number of hydrogen-bond acceptors (Lipinski definition) is 5. The lowest BCUT2D eigenvalue weighted by atomic mass is 9.86. The van der Waals surface area contributed by atoms with E-state index in [-0.39, 0.29) is 28.7 Å². The fourth-order valence-corrected chi connectivity index (χ4v) is 3.16. The van der Waals surface area contributed by atoms with Gasteiger partial charge in [-0.1, -0.05) is 46.6 Å². The number of oxime groups is 1. The number of nitrogens with zero attached hydrogens (tertiary/aromatic N) is 1. The van der Waals surface area contributed by atoms with Crippen molar-refractivity contribution in [2.75, 3.05) is 0 Å². The van der Waals surface area contributed by atoms with Crippen molar-refractivity contribution in [1.82, 2.24) is 5.32 Å². The topological polar surface area (TPSA) is 96.9 Å². The highest BCUT2D eigenvalue weighted by atomic mass is 35.5. The smallest absolute Gasteiger partial charge is 0.353 e. The average molecular weight is 386 g/mol. The fourth-order valence-electron chi connectivity index (χ4n) is 2.73. The summed E-state index contributed by atoms with van der Waals surface area (Å²) in [5.41, 5.74) is 5.33. The molecule has 1 aromatic carbocycles. The first-order valence-electron chi connectivity index (χ1n) is 7.34. The summed E-state index contributed by atoms with van der Waals surface area (Å²) >= 11 is 12.0. The molecule has 0 spiro atoms. The molecule has 1 aromatic rings. The molecule has 4 N–H and O–H groups in total. The Balaban J connectivity index is 2.00. The molecule has 3 rings (SSSR count). The summed E-state index contributed by atoms with van der Waals surface area (Å²) in [7, 11) is 0. The molecule has 0 bridgehead atoms. The molecule has 2 heterocycles. The van der Waals surface area contributed by atoms with Gasteiger partial charge in [-0.25, -0.2) is 9.18 Å². The molecule has 0 saturated heterocycles. The Morgan fingerprint density at radius 1 is 1.48 bits per heavy atom. The third-order valence-electron chi connectivity index (χ3n) is 3.94. The van der Waals surface area contributed by atoms with Crippen LogP contribution in [-0.4, -0.2) is 27.9 Å². The number of aliphatic carboxylic acids is 1. The van der Waals surface area contributed by atoms with E-state index in [1.54, 1.807) is 18.2 Å². The van der Waals surface area contributed by atoms with Crippen molar-refractivity contribution < 1.29 is 19.1 Å². The first kappa shape index (κ1) is 17.7. The van der Waals surface area contributed by atoms with Crippen LogP contribution in [0.15, 0.2) is 51.9 Å². The van der Waals surface area contributed by atoms with Crippen molar-refractivity contribution in [2.45, 2.75) is 24.5 Å². The van der Waals surface area contributed by atoms with Crippen molar-refractivity contribution in [1.29, 1.82) is 0 Å². The molecule has 0 fully saturated rings. The second-order valence-corrected chi connectivity index (χ2v) is 6.61. The van der Waals surface area contributed by atoms with E-state index in [1.807, 2.05) is 0 Å². The van der Waals surface area contributed by atoms with Gasteiger partial charge < -0.3 is 21.0 Å². The molecule has 2 aliphatic heterocycles. The summed E-state index contributed by atoms with van der Waals surface area (Å²) in [5.74, 6) is -1.74. The Hall–Kier alpha value is -2.09. The minimum absolute atomic E-state index is 0.0260. The van der Waals surface area contributed by atoms with Crippen molar-refractivity contribution in [3.05, 3.63) is 58.1 Å². The van der Waals surface area contributed by atoms with E-state index >= 15 is 0 Å². The fraction of sp³-hybridized carbons (Fsp3) is 0.250. The number of nitrogens with one attached hydrogen (secondary N) is 1. The number of nitrogens with two attached hydrogens (primary N) is 1. The largest absolute Gasteiger partial charge is 0.477 e. The minimum atomic E-state index is -1.42. The van der Waals surface area contributed by atoms with Gasteiger partial charge in [0.15, 0.2) is 6.10 Å². The molecule has 6 nitrogen and oxygen atoms in total. The van der Waals surface area contributed by atoms with Crippen LogP contribution >= 0.6 is 23.2 Å². The lowest BCUT2D eigenvalue weighted by Gasteiger charge is -2.34. The van der Waals surface area contributed by atoms with Crippen LogP contribution in [0.25, 0.3) is 0 Å². The molecule has 0 aromatic heterocycles.